The number of hydrogen-bond donors (Lipinski definition) is 3. The van der Waals surface area contributed by atoms with Crippen molar-refractivity contribution in [2.75, 3.05) is 110 Å². The van der Waals surface area contributed by atoms with Crippen molar-refractivity contribution < 1.29 is 40.7 Å². The van der Waals surface area contributed by atoms with Crippen LogP contribution in [0, 0.1) is 89.7 Å². The lowest BCUT2D eigenvalue weighted by atomic mass is 10.0. The van der Waals surface area contributed by atoms with Crippen LogP contribution in [0.5, 0.6) is 0 Å². The predicted octanol–water partition coefficient (Wildman–Crippen LogP) is 18.9. The standard InChI is InChI=1S/C93H74Cl9F6N21O6/c1-11-55(130)121-18-24-124(25-19-121)86-47-33-53(95)80(59-62(98)74(113)65(101)71(107)68(59)104)119-89(47)128(92(134)50(86)36-110)83-42(9)30-44(116-77(83)39(4)5)13-15-57(132)123-22-28-126(29-23-123)87-48-34-54(96)81(60-63(99)75(114)66(102)72(108)69(60)105)120-90(48)129(93(135)51(87)37-111)84-43(10)31-45(117-78(84)40(6)7)12-14-56(131)122-20-26-125(27-21-122)85-46-32-52(94)79(58-61(97)73(112)64(100)70(106)67(58)103)118-88(46)127(91(133)49(85)35-109)82-41(8)16-17-115-76(82)38(2)3/h11-17,30-34,38-40H,1,18-29,112-114H2,2-10H3/b14-12-,15-13-. The normalized spacial score (nSPS) is 13.9. The highest BCUT2D eigenvalue weighted by atomic mass is 35.5. The van der Waals surface area contributed by atoms with Crippen LogP contribution in [0.25, 0.3) is 96.1 Å². The van der Waals surface area contributed by atoms with Crippen LogP contribution in [0.15, 0.2) is 81.8 Å². The van der Waals surface area contributed by atoms with E-state index in [1.54, 1.807) is 87.6 Å². The lowest BCUT2D eigenvalue weighted by molar-refractivity contribution is -0.127. The quantitative estimate of drug-likeness (QED) is 0.0250. The molecule has 6 N–H and O–H groups in total. The van der Waals surface area contributed by atoms with Crippen molar-refractivity contribution in [2.24, 2.45) is 0 Å². The molecule has 0 aliphatic carbocycles. The van der Waals surface area contributed by atoms with E-state index in [-0.39, 0.29) is 207 Å². The van der Waals surface area contributed by atoms with Gasteiger partial charge >= 0.3 is 0 Å². The zero-order valence-corrected chi connectivity index (χ0v) is 79.6. The summed E-state index contributed by atoms with van der Waals surface area (Å²) in [4.78, 5) is 127. The highest BCUT2D eigenvalue weighted by molar-refractivity contribution is 6.44. The number of anilines is 6. The summed E-state index contributed by atoms with van der Waals surface area (Å²) < 4.78 is 99.1. The molecule has 12 aromatic rings. The summed E-state index contributed by atoms with van der Waals surface area (Å²) >= 11 is 59.2. The molecule has 692 valence electrons. The van der Waals surface area contributed by atoms with Crippen molar-refractivity contribution in [3.8, 4) is 69.0 Å². The third kappa shape index (κ3) is 16.7. The van der Waals surface area contributed by atoms with Gasteiger partial charge in [0.25, 0.3) is 16.7 Å². The predicted molar refractivity (Wildman–Crippen MR) is 515 cm³/mol. The average Bonchev–Trinajstić information content (AvgIpc) is 0.726. The molecule has 0 spiro atoms. The number of aromatic nitrogens is 9. The number of hydrogen-bond acceptors (Lipinski definition) is 21. The number of carbonyl (C=O) groups is 3. The average molecular weight is 2010 g/mol. The Morgan fingerprint density at radius 3 is 0.956 bits per heavy atom. The lowest BCUT2D eigenvalue weighted by Gasteiger charge is -2.36. The number of aryl methyl sites for hydroxylation is 3. The molecule has 0 saturated carbocycles. The minimum atomic E-state index is -1.60. The Labute approximate surface area is 810 Å². The van der Waals surface area contributed by atoms with Gasteiger partial charge in [-0.1, -0.05) is 153 Å². The number of nitrogens with two attached hydrogens (primary N) is 3. The first-order valence-electron chi connectivity index (χ1n) is 41.6. The van der Waals surface area contributed by atoms with Crippen molar-refractivity contribution in [1.29, 1.82) is 15.8 Å². The second-order valence-corrected chi connectivity index (χ2v) is 36.5. The molecule has 135 heavy (non-hydrogen) atoms. The van der Waals surface area contributed by atoms with E-state index in [2.05, 4.69) is 29.8 Å². The molecule has 0 bridgehead atoms. The molecular formula is C93H74Cl9F6N21O6. The van der Waals surface area contributed by atoms with E-state index in [9.17, 15) is 30.2 Å². The van der Waals surface area contributed by atoms with E-state index in [0.717, 1.165) is 15.2 Å². The summed E-state index contributed by atoms with van der Waals surface area (Å²) in [7, 11) is 0. The van der Waals surface area contributed by atoms with Gasteiger partial charge in [-0.05, 0) is 110 Å². The highest BCUT2D eigenvalue weighted by Gasteiger charge is 2.39. The number of nitriles is 3. The number of benzene rings is 3. The topological polar surface area (TPSA) is 363 Å². The van der Waals surface area contributed by atoms with E-state index in [4.69, 9.17) is 147 Å². The van der Waals surface area contributed by atoms with Crippen LogP contribution >= 0.6 is 104 Å². The molecule has 15 rings (SSSR count). The van der Waals surface area contributed by atoms with Gasteiger partial charge in [0.1, 0.15) is 66.9 Å². The maximum atomic E-state index is 16.5. The Bertz CT molecular complexity index is 7530. The highest BCUT2D eigenvalue weighted by Crippen LogP contribution is 2.50. The molecule has 3 saturated heterocycles. The first-order chi connectivity index (χ1) is 64.0. The minimum absolute atomic E-state index is 0.00196. The molecule has 3 aliphatic rings. The number of nitrogens with zero attached hydrogens (tertiary/aromatic N) is 18. The van der Waals surface area contributed by atoms with Gasteiger partial charge in [0.05, 0.1) is 144 Å². The molecule has 0 unspecified atom stereocenters. The van der Waals surface area contributed by atoms with Gasteiger partial charge in [-0.15, -0.1) is 0 Å². The Morgan fingerprint density at radius 1 is 0.400 bits per heavy atom. The zero-order valence-electron chi connectivity index (χ0n) is 72.8. The van der Waals surface area contributed by atoms with Gasteiger partial charge in [0, 0.05) is 113 Å². The summed E-state index contributed by atoms with van der Waals surface area (Å²) in [6.45, 7) is 19.7. The van der Waals surface area contributed by atoms with E-state index in [1.807, 2.05) is 13.8 Å². The van der Waals surface area contributed by atoms with Gasteiger partial charge in [0.15, 0.2) is 34.9 Å². The number of rotatable bonds is 17. The van der Waals surface area contributed by atoms with E-state index in [1.165, 1.54) is 61.8 Å². The van der Waals surface area contributed by atoms with Crippen LogP contribution in [0.4, 0.5) is 60.5 Å². The fraction of sp³-hybridized carbons (Fsp3) is 0.258. The maximum Gasteiger partial charge on any atom is 0.276 e. The summed E-state index contributed by atoms with van der Waals surface area (Å²) in [6.07, 6.45) is 8.14. The number of amides is 3. The van der Waals surface area contributed by atoms with Gasteiger partial charge in [-0.2, -0.15) is 15.8 Å². The van der Waals surface area contributed by atoms with Crippen molar-refractivity contribution >= 4 is 202 Å². The van der Waals surface area contributed by atoms with Crippen LogP contribution in [-0.4, -0.2) is 155 Å². The van der Waals surface area contributed by atoms with Gasteiger partial charge in [-0.3, -0.25) is 57.4 Å². The van der Waals surface area contributed by atoms with Crippen LogP contribution in [-0.2, 0) is 14.4 Å². The maximum absolute atomic E-state index is 16.5. The van der Waals surface area contributed by atoms with Crippen LogP contribution in [0.3, 0.4) is 0 Å². The Hall–Kier alpha value is -12.7. The third-order valence-corrected chi connectivity index (χ3v) is 26.9. The number of piperazine rings is 3. The number of fused-ring (bicyclic) bond motifs is 3. The molecule has 0 radical (unpaired) electrons. The number of pyridine rings is 9. The molecule has 3 fully saturated rings. The van der Waals surface area contributed by atoms with E-state index >= 15 is 40.7 Å². The molecule has 3 aromatic carbocycles. The molecule has 9 aromatic heterocycles. The Kier molecular flexibility index (Phi) is 27.2. The largest absolute Gasteiger partial charge is 0.396 e. The number of nitrogen functional groups attached to an aromatic ring is 3. The summed E-state index contributed by atoms with van der Waals surface area (Å²) in [5.74, 6) is -12.2. The molecule has 3 amide bonds. The van der Waals surface area contributed by atoms with Gasteiger partial charge < -0.3 is 46.6 Å². The minimum Gasteiger partial charge on any atom is -0.396 e. The summed E-state index contributed by atoms with van der Waals surface area (Å²) in [5, 5.41) is 28.5. The SMILES string of the molecule is C=CC(=O)N1CCN(c2c(C#N)c(=O)n(-c3c(C)cc(/C=C\C(=O)N4CCN(c5c(C#N)c(=O)n(-c6c(C)cc(/C=C\C(=O)N7CCN(c8c(C#N)c(=O)n(-c9c(C)ccnc9C(C)C)c9nc(-c%10c(F)c(F)c(Cl)c(N)c%10Cl)c(Cl)cc89)CC7)nc6C(C)C)c6nc(-c7c(F)c(F)c(Cl)c(N)c7Cl)c(Cl)cc56)CC4)nc3C(C)C)c3nc(-c4c(F)c(F)c(Cl)c(N)c4Cl)c(Cl)cc23)CC1. The lowest BCUT2D eigenvalue weighted by Crippen LogP contribution is -2.49. The Morgan fingerprint density at radius 2 is 0.681 bits per heavy atom. The molecular weight excluding hydrogens is 1940 g/mol. The van der Waals surface area contributed by atoms with Crippen molar-refractivity contribution in [2.45, 2.75) is 80.1 Å². The summed E-state index contributed by atoms with van der Waals surface area (Å²) in [6, 6.07) is 15.0. The second kappa shape index (κ2) is 37.9. The molecule has 12 heterocycles. The molecule has 0 atom stereocenters. The van der Waals surface area contributed by atoms with E-state index < -0.39 is 162 Å². The van der Waals surface area contributed by atoms with Gasteiger partial charge in [0.2, 0.25) is 17.7 Å². The van der Waals surface area contributed by atoms with Crippen molar-refractivity contribution in [3.05, 3.63) is 240 Å². The molecule has 27 nitrogen and oxygen atoms in total. The fourth-order valence-corrected chi connectivity index (χ4v) is 19.4. The van der Waals surface area contributed by atoms with Crippen LogP contribution in [0.2, 0.25) is 45.2 Å². The van der Waals surface area contributed by atoms with Crippen LogP contribution < -0.4 is 48.6 Å². The van der Waals surface area contributed by atoms with E-state index in [0.29, 0.717) is 22.4 Å². The van der Waals surface area contributed by atoms with Crippen molar-refractivity contribution in [1.82, 2.24) is 58.3 Å². The molecule has 3 aliphatic heterocycles. The third-order valence-electron chi connectivity index (χ3n) is 23.8. The smallest absolute Gasteiger partial charge is 0.276 e. The van der Waals surface area contributed by atoms with Crippen LogP contribution in [0.1, 0.15) is 121 Å². The zero-order chi connectivity index (χ0) is 97.9. The number of halogens is 15. The first kappa shape index (κ1) is 96.8. The van der Waals surface area contributed by atoms with Gasteiger partial charge in [-0.25, -0.2) is 41.3 Å². The Balaban J connectivity index is 0.745. The number of carbonyl (C=O) groups excluding carboxylic acids is 3. The monoisotopic (exact) mass is 2010 g/mol. The second-order valence-electron chi connectivity index (χ2n) is 33.0. The van der Waals surface area contributed by atoms with Crippen molar-refractivity contribution in [3.63, 3.8) is 0 Å². The fourth-order valence-electron chi connectivity index (χ4n) is 17.2. The molecule has 42 heteroatoms. The summed E-state index contributed by atoms with van der Waals surface area (Å²) in [5.41, 5.74) is 11.8. The first-order valence-corrected chi connectivity index (χ1v) is 45.0.